The molecule has 0 saturated carbocycles. The molecule has 2 aromatic rings. The number of halogens is 2. The van der Waals surface area contributed by atoms with Crippen LogP contribution < -0.4 is 20.1 Å². The van der Waals surface area contributed by atoms with E-state index in [0.29, 0.717) is 18.0 Å². The number of urea groups is 1. The summed E-state index contributed by atoms with van der Waals surface area (Å²) in [4.78, 5) is 11.8. The van der Waals surface area contributed by atoms with Crippen LogP contribution in [0.25, 0.3) is 0 Å². The first kappa shape index (κ1) is 17.5. The zero-order chi connectivity index (χ0) is 17.4. The number of carbonyl (C=O) groups excluding carboxylic acids is 1. The van der Waals surface area contributed by atoms with E-state index in [1.165, 1.54) is 6.07 Å². The van der Waals surface area contributed by atoms with Crippen molar-refractivity contribution in [3.05, 3.63) is 54.1 Å². The maximum atomic E-state index is 13.0. The molecule has 0 saturated heterocycles. The van der Waals surface area contributed by atoms with E-state index in [2.05, 4.69) is 10.6 Å². The summed E-state index contributed by atoms with van der Waals surface area (Å²) in [5.74, 6) is -1.15. The van der Waals surface area contributed by atoms with Gasteiger partial charge < -0.3 is 20.1 Å². The summed E-state index contributed by atoms with van der Waals surface area (Å²) in [6, 6.07) is 9.90. The Labute approximate surface area is 138 Å². The first-order valence-corrected chi connectivity index (χ1v) is 7.44. The van der Waals surface area contributed by atoms with E-state index in [-0.39, 0.29) is 18.9 Å². The highest BCUT2D eigenvalue weighted by molar-refractivity contribution is 5.90. The third-order valence-corrected chi connectivity index (χ3v) is 2.98. The lowest BCUT2D eigenvalue weighted by Crippen LogP contribution is -2.32. The van der Waals surface area contributed by atoms with E-state index >= 15 is 0 Å². The van der Waals surface area contributed by atoms with Crippen molar-refractivity contribution < 1.29 is 23.0 Å². The van der Waals surface area contributed by atoms with Crippen LogP contribution in [0.3, 0.4) is 0 Å². The fourth-order valence-corrected chi connectivity index (χ4v) is 1.92. The fourth-order valence-electron chi connectivity index (χ4n) is 1.92. The van der Waals surface area contributed by atoms with Crippen LogP contribution >= 0.6 is 0 Å². The Bertz CT molecular complexity index is 695. The highest BCUT2D eigenvalue weighted by atomic mass is 19.2. The van der Waals surface area contributed by atoms with E-state index < -0.39 is 17.7 Å². The second-order valence-electron chi connectivity index (χ2n) is 4.73. The molecule has 0 heterocycles. The van der Waals surface area contributed by atoms with Crippen LogP contribution in [0.1, 0.15) is 6.92 Å². The van der Waals surface area contributed by atoms with Gasteiger partial charge >= 0.3 is 6.03 Å². The summed E-state index contributed by atoms with van der Waals surface area (Å²) in [7, 11) is 0. The van der Waals surface area contributed by atoms with Crippen molar-refractivity contribution in [3.63, 3.8) is 0 Å². The molecule has 0 radical (unpaired) electrons. The van der Waals surface area contributed by atoms with Crippen molar-refractivity contribution in [3.8, 4) is 11.5 Å². The molecular formula is C17H18F2N2O3. The summed E-state index contributed by atoms with van der Waals surface area (Å²) in [6.45, 7) is 2.65. The number of rotatable bonds is 7. The van der Waals surface area contributed by atoms with Gasteiger partial charge in [-0.15, -0.1) is 0 Å². The van der Waals surface area contributed by atoms with Gasteiger partial charge in [-0.3, -0.25) is 0 Å². The molecule has 0 aromatic heterocycles. The van der Waals surface area contributed by atoms with Gasteiger partial charge in [-0.25, -0.2) is 13.6 Å². The molecule has 0 aliphatic heterocycles. The Morgan fingerprint density at radius 1 is 1.08 bits per heavy atom. The lowest BCUT2D eigenvalue weighted by Gasteiger charge is -2.12. The van der Waals surface area contributed by atoms with Gasteiger partial charge in [0.2, 0.25) is 0 Å². The topological polar surface area (TPSA) is 59.6 Å². The molecule has 7 heteroatoms. The van der Waals surface area contributed by atoms with Crippen LogP contribution in [0.2, 0.25) is 0 Å². The van der Waals surface area contributed by atoms with E-state index in [9.17, 15) is 13.6 Å². The van der Waals surface area contributed by atoms with Gasteiger partial charge in [0.25, 0.3) is 0 Å². The number of anilines is 1. The van der Waals surface area contributed by atoms with Gasteiger partial charge in [0, 0.05) is 6.07 Å². The Balaban J connectivity index is 1.76. The SMILES string of the molecule is CCOc1ccccc1NC(=O)NCCOc1ccc(F)c(F)c1. The van der Waals surface area contributed by atoms with Crippen LogP contribution in [0.4, 0.5) is 19.3 Å². The molecule has 0 unspecified atom stereocenters. The Morgan fingerprint density at radius 3 is 2.62 bits per heavy atom. The number of ether oxygens (including phenoxy) is 2. The van der Waals surface area contributed by atoms with E-state index in [1.807, 2.05) is 13.0 Å². The van der Waals surface area contributed by atoms with Crippen LogP contribution in [-0.2, 0) is 0 Å². The van der Waals surface area contributed by atoms with Crippen molar-refractivity contribution in [2.24, 2.45) is 0 Å². The monoisotopic (exact) mass is 336 g/mol. The van der Waals surface area contributed by atoms with Crippen LogP contribution in [0.15, 0.2) is 42.5 Å². The summed E-state index contributed by atoms with van der Waals surface area (Å²) >= 11 is 0. The number of amides is 2. The van der Waals surface area contributed by atoms with Crippen molar-refractivity contribution in [1.29, 1.82) is 0 Å². The number of hydrogen-bond donors (Lipinski definition) is 2. The van der Waals surface area contributed by atoms with Crippen molar-refractivity contribution in [2.75, 3.05) is 25.1 Å². The lowest BCUT2D eigenvalue weighted by atomic mass is 10.3. The molecule has 24 heavy (non-hydrogen) atoms. The van der Waals surface area contributed by atoms with Crippen LogP contribution in [0.5, 0.6) is 11.5 Å². The molecule has 0 aliphatic carbocycles. The third kappa shape index (κ3) is 5.12. The molecule has 2 rings (SSSR count). The van der Waals surface area contributed by atoms with Gasteiger partial charge in [0.1, 0.15) is 18.1 Å². The Morgan fingerprint density at radius 2 is 1.88 bits per heavy atom. The smallest absolute Gasteiger partial charge is 0.319 e. The summed E-state index contributed by atoms with van der Waals surface area (Å²) < 4.78 is 36.4. The van der Waals surface area contributed by atoms with Gasteiger partial charge in [0.15, 0.2) is 11.6 Å². The van der Waals surface area contributed by atoms with Crippen molar-refractivity contribution >= 4 is 11.7 Å². The van der Waals surface area contributed by atoms with E-state index in [1.54, 1.807) is 18.2 Å². The molecular weight excluding hydrogens is 318 g/mol. The van der Waals surface area contributed by atoms with Crippen molar-refractivity contribution in [2.45, 2.75) is 6.92 Å². The Kier molecular flexibility index (Phi) is 6.36. The molecule has 128 valence electrons. The molecule has 5 nitrogen and oxygen atoms in total. The second-order valence-corrected chi connectivity index (χ2v) is 4.73. The van der Waals surface area contributed by atoms with Crippen LogP contribution in [0, 0.1) is 11.6 Å². The molecule has 0 spiro atoms. The standard InChI is InChI=1S/C17H18F2N2O3/c1-2-23-16-6-4-3-5-15(16)21-17(22)20-9-10-24-12-7-8-13(18)14(19)11-12/h3-8,11H,2,9-10H2,1H3,(H2,20,21,22). The first-order valence-electron chi connectivity index (χ1n) is 7.44. The molecule has 0 bridgehead atoms. The van der Waals surface area contributed by atoms with Gasteiger partial charge in [-0.1, -0.05) is 12.1 Å². The molecule has 2 N–H and O–H groups in total. The zero-order valence-electron chi connectivity index (χ0n) is 13.1. The first-order chi connectivity index (χ1) is 11.6. The molecule has 0 atom stereocenters. The maximum absolute atomic E-state index is 13.0. The number of para-hydroxylation sites is 2. The normalized spacial score (nSPS) is 10.1. The summed E-state index contributed by atoms with van der Waals surface area (Å²) in [5.41, 5.74) is 0.554. The fraction of sp³-hybridized carbons (Fsp3) is 0.235. The minimum absolute atomic E-state index is 0.117. The van der Waals surface area contributed by atoms with Gasteiger partial charge in [-0.05, 0) is 31.2 Å². The quantitative estimate of drug-likeness (QED) is 0.760. The second kappa shape index (κ2) is 8.71. The molecule has 2 aromatic carbocycles. The summed E-state index contributed by atoms with van der Waals surface area (Å²) in [6.07, 6.45) is 0. The zero-order valence-corrected chi connectivity index (χ0v) is 13.1. The van der Waals surface area contributed by atoms with Gasteiger partial charge in [-0.2, -0.15) is 0 Å². The number of benzene rings is 2. The predicted molar refractivity (Wildman–Crippen MR) is 86.5 cm³/mol. The molecule has 0 aliphatic rings. The predicted octanol–water partition coefficient (Wildman–Crippen LogP) is 3.56. The highest BCUT2D eigenvalue weighted by Crippen LogP contribution is 2.23. The molecule has 2 amide bonds. The van der Waals surface area contributed by atoms with E-state index in [0.717, 1.165) is 12.1 Å². The molecule has 0 fully saturated rings. The minimum atomic E-state index is -0.981. The minimum Gasteiger partial charge on any atom is -0.492 e. The largest absolute Gasteiger partial charge is 0.492 e. The number of hydrogen-bond acceptors (Lipinski definition) is 3. The van der Waals surface area contributed by atoms with Crippen LogP contribution in [-0.4, -0.2) is 25.8 Å². The number of nitrogens with one attached hydrogen (secondary N) is 2. The average Bonchev–Trinajstić information content (AvgIpc) is 2.57. The van der Waals surface area contributed by atoms with Gasteiger partial charge in [0.05, 0.1) is 18.8 Å². The number of carbonyl (C=O) groups is 1. The van der Waals surface area contributed by atoms with E-state index in [4.69, 9.17) is 9.47 Å². The third-order valence-electron chi connectivity index (χ3n) is 2.98. The Hall–Kier alpha value is -2.83. The van der Waals surface area contributed by atoms with Crippen molar-refractivity contribution in [1.82, 2.24) is 5.32 Å². The average molecular weight is 336 g/mol. The maximum Gasteiger partial charge on any atom is 0.319 e. The summed E-state index contributed by atoms with van der Waals surface area (Å²) in [5, 5.41) is 5.27. The highest BCUT2D eigenvalue weighted by Gasteiger charge is 2.07. The lowest BCUT2D eigenvalue weighted by molar-refractivity contribution is 0.247.